The molecule has 17 heavy (non-hydrogen) atoms. The number of hydrogen-bond acceptors (Lipinski definition) is 2. The Morgan fingerprint density at radius 1 is 1.53 bits per heavy atom. The molecule has 0 spiro atoms. The number of pyridine rings is 1. The van der Waals surface area contributed by atoms with Gasteiger partial charge in [0.05, 0.1) is 0 Å². The van der Waals surface area contributed by atoms with Gasteiger partial charge in [-0.1, -0.05) is 19.9 Å². The Labute approximate surface area is 105 Å². The standard InChI is InChI=1S/C15H23N2/c1-4-6-12-9-13(10-16-15(12)5-2)11(3)17-14-7-8-14/h9-11,14,17H,1,4-8H2,2-3H3. The predicted octanol–water partition coefficient (Wildman–Crippen LogP) is 3.22. The van der Waals surface area contributed by atoms with E-state index in [-0.39, 0.29) is 0 Å². The van der Waals surface area contributed by atoms with E-state index in [0.717, 1.165) is 25.3 Å². The van der Waals surface area contributed by atoms with Crippen molar-refractivity contribution in [2.75, 3.05) is 0 Å². The summed E-state index contributed by atoms with van der Waals surface area (Å²) in [4.78, 5) is 4.60. The molecular weight excluding hydrogens is 208 g/mol. The van der Waals surface area contributed by atoms with Crippen LogP contribution < -0.4 is 5.32 Å². The number of hydrogen-bond donors (Lipinski definition) is 1. The largest absolute Gasteiger partial charge is 0.307 e. The third-order valence-electron chi connectivity index (χ3n) is 3.43. The lowest BCUT2D eigenvalue weighted by molar-refractivity contribution is 0.568. The van der Waals surface area contributed by atoms with Gasteiger partial charge in [0.25, 0.3) is 0 Å². The SMILES string of the molecule is [CH2]CCc1cc(C(C)NC2CC2)cnc1CC. The highest BCUT2D eigenvalue weighted by Gasteiger charge is 2.23. The van der Waals surface area contributed by atoms with Crippen molar-refractivity contribution in [3.05, 3.63) is 36.0 Å². The minimum absolute atomic E-state index is 0.421. The monoisotopic (exact) mass is 231 g/mol. The lowest BCUT2D eigenvalue weighted by atomic mass is 10.0. The van der Waals surface area contributed by atoms with E-state index >= 15 is 0 Å². The normalized spacial score (nSPS) is 17.1. The molecule has 0 aliphatic heterocycles. The maximum absolute atomic E-state index is 4.60. The molecule has 1 atom stereocenters. The molecule has 1 N–H and O–H groups in total. The summed E-state index contributed by atoms with van der Waals surface area (Å²) in [5.74, 6) is 0. The molecule has 93 valence electrons. The predicted molar refractivity (Wildman–Crippen MR) is 71.9 cm³/mol. The highest BCUT2D eigenvalue weighted by Crippen LogP contribution is 2.24. The smallest absolute Gasteiger partial charge is 0.0433 e. The van der Waals surface area contributed by atoms with Gasteiger partial charge in [-0.25, -0.2) is 0 Å². The zero-order chi connectivity index (χ0) is 12.3. The molecule has 1 fully saturated rings. The van der Waals surface area contributed by atoms with Gasteiger partial charge < -0.3 is 5.32 Å². The Hall–Kier alpha value is -0.890. The quantitative estimate of drug-likeness (QED) is 0.813. The van der Waals surface area contributed by atoms with E-state index in [1.165, 1.54) is 29.7 Å². The molecule has 0 bridgehead atoms. The molecule has 1 radical (unpaired) electrons. The summed E-state index contributed by atoms with van der Waals surface area (Å²) in [5, 5.41) is 3.62. The maximum Gasteiger partial charge on any atom is 0.0433 e. The second-order valence-corrected chi connectivity index (χ2v) is 4.99. The van der Waals surface area contributed by atoms with Crippen molar-refractivity contribution < 1.29 is 0 Å². The molecule has 0 amide bonds. The second-order valence-electron chi connectivity index (χ2n) is 4.99. The summed E-state index contributed by atoms with van der Waals surface area (Å²) in [7, 11) is 0. The fourth-order valence-electron chi connectivity index (χ4n) is 2.22. The first-order valence-electron chi connectivity index (χ1n) is 6.77. The Balaban J connectivity index is 2.13. The van der Waals surface area contributed by atoms with Crippen LogP contribution in [0.5, 0.6) is 0 Å². The first-order chi connectivity index (χ1) is 8.24. The van der Waals surface area contributed by atoms with Crippen LogP contribution >= 0.6 is 0 Å². The fourth-order valence-corrected chi connectivity index (χ4v) is 2.22. The summed E-state index contributed by atoms with van der Waals surface area (Å²) >= 11 is 0. The number of rotatable bonds is 6. The topological polar surface area (TPSA) is 24.9 Å². The van der Waals surface area contributed by atoms with Crippen molar-refractivity contribution >= 4 is 0 Å². The number of aryl methyl sites for hydroxylation is 2. The van der Waals surface area contributed by atoms with Gasteiger partial charge in [0.2, 0.25) is 0 Å². The van der Waals surface area contributed by atoms with Gasteiger partial charge in [0.15, 0.2) is 0 Å². The molecule has 1 heterocycles. The van der Waals surface area contributed by atoms with E-state index in [0.29, 0.717) is 6.04 Å². The molecule has 0 saturated heterocycles. The number of nitrogens with zero attached hydrogens (tertiary/aromatic N) is 1. The van der Waals surface area contributed by atoms with E-state index < -0.39 is 0 Å². The van der Waals surface area contributed by atoms with Crippen molar-refractivity contribution in [3.8, 4) is 0 Å². The average Bonchev–Trinajstić information content (AvgIpc) is 3.13. The molecule has 1 aromatic rings. The maximum atomic E-state index is 4.60. The van der Waals surface area contributed by atoms with Crippen LogP contribution in [-0.4, -0.2) is 11.0 Å². The van der Waals surface area contributed by atoms with Crippen molar-refractivity contribution in [1.82, 2.24) is 10.3 Å². The van der Waals surface area contributed by atoms with Crippen LogP contribution in [0.1, 0.15) is 56.0 Å². The molecule has 1 aliphatic rings. The van der Waals surface area contributed by atoms with E-state index in [1.807, 2.05) is 6.20 Å². The van der Waals surface area contributed by atoms with E-state index in [4.69, 9.17) is 0 Å². The van der Waals surface area contributed by atoms with Crippen LogP contribution in [0, 0.1) is 6.92 Å². The van der Waals surface area contributed by atoms with Gasteiger partial charge in [-0.15, -0.1) is 0 Å². The Kier molecular flexibility index (Phi) is 4.16. The van der Waals surface area contributed by atoms with E-state index in [1.54, 1.807) is 0 Å². The van der Waals surface area contributed by atoms with Gasteiger partial charge in [0.1, 0.15) is 0 Å². The highest BCUT2D eigenvalue weighted by atomic mass is 15.0. The molecule has 1 aromatic heterocycles. The third-order valence-corrected chi connectivity index (χ3v) is 3.43. The summed E-state index contributed by atoms with van der Waals surface area (Å²) in [5.41, 5.74) is 3.93. The van der Waals surface area contributed by atoms with Gasteiger partial charge in [-0.3, -0.25) is 4.98 Å². The summed E-state index contributed by atoms with van der Waals surface area (Å²) in [6.45, 7) is 8.34. The lowest BCUT2D eigenvalue weighted by Crippen LogP contribution is -2.21. The lowest BCUT2D eigenvalue weighted by Gasteiger charge is -2.16. The first kappa shape index (κ1) is 12.6. The molecule has 2 nitrogen and oxygen atoms in total. The van der Waals surface area contributed by atoms with Gasteiger partial charge in [-0.05, 0) is 50.2 Å². The molecule has 1 saturated carbocycles. The van der Waals surface area contributed by atoms with Crippen LogP contribution in [0.25, 0.3) is 0 Å². The van der Waals surface area contributed by atoms with Crippen molar-refractivity contribution in [2.45, 2.75) is 58.0 Å². The third kappa shape index (κ3) is 3.29. The number of nitrogens with one attached hydrogen (secondary N) is 1. The van der Waals surface area contributed by atoms with Crippen molar-refractivity contribution in [2.24, 2.45) is 0 Å². The molecule has 2 heteroatoms. The van der Waals surface area contributed by atoms with E-state index in [2.05, 4.69) is 37.1 Å². The molecule has 1 unspecified atom stereocenters. The fraction of sp³-hybridized carbons (Fsp3) is 0.600. The van der Waals surface area contributed by atoms with Crippen LogP contribution in [0.2, 0.25) is 0 Å². The summed E-state index contributed by atoms with van der Waals surface area (Å²) in [6, 6.07) is 3.48. The average molecular weight is 231 g/mol. The second kappa shape index (κ2) is 5.63. The minimum atomic E-state index is 0.421. The Bertz CT molecular complexity index is 369. The molecule has 1 aliphatic carbocycles. The molecular formula is C15H23N2. The minimum Gasteiger partial charge on any atom is -0.307 e. The van der Waals surface area contributed by atoms with Gasteiger partial charge in [0, 0.05) is 24.0 Å². The highest BCUT2D eigenvalue weighted by molar-refractivity contribution is 5.27. The Morgan fingerprint density at radius 3 is 2.88 bits per heavy atom. The van der Waals surface area contributed by atoms with Crippen molar-refractivity contribution in [3.63, 3.8) is 0 Å². The van der Waals surface area contributed by atoms with Crippen molar-refractivity contribution in [1.29, 1.82) is 0 Å². The first-order valence-corrected chi connectivity index (χ1v) is 6.77. The number of aromatic nitrogens is 1. The van der Waals surface area contributed by atoms with Crippen LogP contribution in [0.4, 0.5) is 0 Å². The molecule has 2 rings (SSSR count). The summed E-state index contributed by atoms with van der Waals surface area (Å²) < 4.78 is 0. The summed E-state index contributed by atoms with van der Waals surface area (Å²) in [6.07, 6.45) is 7.70. The Morgan fingerprint density at radius 2 is 2.29 bits per heavy atom. The zero-order valence-electron chi connectivity index (χ0n) is 11.0. The van der Waals surface area contributed by atoms with Crippen LogP contribution in [0.15, 0.2) is 12.3 Å². The van der Waals surface area contributed by atoms with Crippen LogP contribution in [0.3, 0.4) is 0 Å². The van der Waals surface area contributed by atoms with Gasteiger partial charge >= 0.3 is 0 Å². The van der Waals surface area contributed by atoms with Gasteiger partial charge in [-0.2, -0.15) is 0 Å². The molecule has 0 aromatic carbocycles. The van der Waals surface area contributed by atoms with E-state index in [9.17, 15) is 0 Å². The van der Waals surface area contributed by atoms with Crippen LogP contribution in [-0.2, 0) is 12.8 Å². The zero-order valence-corrected chi connectivity index (χ0v) is 11.0.